The summed E-state index contributed by atoms with van der Waals surface area (Å²) >= 11 is 0. The zero-order valence-corrected chi connectivity index (χ0v) is 10.5. The van der Waals surface area contributed by atoms with Gasteiger partial charge in [-0.1, -0.05) is 0 Å². The van der Waals surface area contributed by atoms with Crippen LogP contribution in [0.5, 0.6) is 0 Å². The van der Waals surface area contributed by atoms with Crippen molar-refractivity contribution < 1.29 is 17.2 Å². The van der Waals surface area contributed by atoms with Gasteiger partial charge in [-0.05, 0) is 18.1 Å². The second kappa shape index (κ2) is 5.29. The van der Waals surface area contributed by atoms with Crippen molar-refractivity contribution in [1.29, 1.82) is 0 Å². The predicted molar refractivity (Wildman–Crippen MR) is 62.0 cm³/mol. The number of nitrogens with one attached hydrogen (secondary N) is 1. The lowest BCUT2D eigenvalue weighted by atomic mass is 10.1. The first-order valence-corrected chi connectivity index (χ1v) is 6.53. The Labute approximate surface area is 105 Å². The topological polar surface area (TPSA) is 46.2 Å². The maximum atomic E-state index is 13.3. The number of rotatable bonds is 3. The second-order valence-corrected chi connectivity index (χ2v) is 5.88. The molecule has 2 rings (SSSR count). The number of hydrogen-bond donors (Lipinski definition) is 1. The maximum Gasteiger partial charge on any atom is 0.181 e. The molecular formula is C10H12ClF2NO2S. The summed E-state index contributed by atoms with van der Waals surface area (Å²) in [5.74, 6) is -1.87. The van der Waals surface area contributed by atoms with Crippen LogP contribution in [0.2, 0.25) is 0 Å². The maximum absolute atomic E-state index is 13.3. The molecule has 0 spiro atoms. The molecule has 0 atom stereocenters. The van der Waals surface area contributed by atoms with Gasteiger partial charge >= 0.3 is 0 Å². The summed E-state index contributed by atoms with van der Waals surface area (Å²) in [6.45, 7) is 1.25. The van der Waals surface area contributed by atoms with Crippen molar-refractivity contribution in [2.24, 2.45) is 5.92 Å². The Balaban J connectivity index is 0.00000144. The number of halogens is 3. The van der Waals surface area contributed by atoms with Crippen molar-refractivity contribution >= 4 is 22.2 Å². The van der Waals surface area contributed by atoms with Crippen LogP contribution < -0.4 is 5.32 Å². The normalized spacial score (nSPS) is 16.1. The molecule has 1 saturated heterocycles. The predicted octanol–water partition coefficient (Wildman–Crippen LogP) is 1.38. The van der Waals surface area contributed by atoms with Gasteiger partial charge < -0.3 is 5.32 Å². The van der Waals surface area contributed by atoms with Gasteiger partial charge in [0.2, 0.25) is 0 Å². The van der Waals surface area contributed by atoms with E-state index in [4.69, 9.17) is 0 Å². The minimum atomic E-state index is -3.65. The summed E-state index contributed by atoms with van der Waals surface area (Å²) < 4.78 is 49.5. The highest BCUT2D eigenvalue weighted by Crippen LogP contribution is 2.20. The van der Waals surface area contributed by atoms with Crippen LogP contribution >= 0.6 is 12.4 Å². The van der Waals surface area contributed by atoms with Crippen LogP contribution in [-0.2, 0) is 9.84 Å². The fourth-order valence-corrected chi connectivity index (χ4v) is 3.26. The van der Waals surface area contributed by atoms with Crippen LogP contribution in [-0.4, -0.2) is 27.3 Å². The smallest absolute Gasteiger partial charge is 0.181 e. The van der Waals surface area contributed by atoms with E-state index in [0.29, 0.717) is 19.2 Å². The van der Waals surface area contributed by atoms with E-state index < -0.39 is 26.4 Å². The first-order valence-electron chi connectivity index (χ1n) is 4.87. The van der Waals surface area contributed by atoms with Crippen molar-refractivity contribution in [3.8, 4) is 0 Å². The van der Waals surface area contributed by atoms with E-state index in [9.17, 15) is 17.2 Å². The Kier molecular flexibility index (Phi) is 4.46. The van der Waals surface area contributed by atoms with Gasteiger partial charge in [-0.15, -0.1) is 12.4 Å². The molecule has 1 aliphatic heterocycles. The Morgan fingerprint density at radius 3 is 2.41 bits per heavy atom. The molecule has 0 bridgehead atoms. The first kappa shape index (κ1) is 14.3. The minimum absolute atomic E-state index is 0. The van der Waals surface area contributed by atoms with Gasteiger partial charge in [-0.3, -0.25) is 0 Å². The lowest BCUT2D eigenvalue weighted by molar-refractivity contribution is 0.378. The fourth-order valence-electron chi connectivity index (χ4n) is 1.59. The molecule has 96 valence electrons. The third-order valence-electron chi connectivity index (χ3n) is 2.55. The quantitative estimate of drug-likeness (QED) is 0.853. The van der Waals surface area contributed by atoms with Crippen LogP contribution in [0.4, 0.5) is 8.78 Å². The molecule has 3 nitrogen and oxygen atoms in total. The average Bonchev–Trinajstić information content (AvgIpc) is 2.11. The molecule has 0 saturated carbocycles. The number of benzene rings is 1. The molecule has 1 aliphatic rings. The van der Waals surface area contributed by atoms with E-state index in [2.05, 4.69) is 5.32 Å². The molecule has 0 amide bonds. The van der Waals surface area contributed by atoms with E-state index >= 15 is 0 Å². The number of hydrogen-bond acceptors (Lipinski definition) is 3. The fraction of sp³-hybridized carbons (Fsp3) is 0.400. The van der Waals surface area contributed by atoms with Crippen molar-refractivity contribution in [3.05, 3.63) is 29.8 Å². The van der Waals surface area contributed by atoms with E-state index in [1.165, 1.54) is 0 Å². The largest absolute Gasteiger partial charge is 0.316 e. The molecule has 0 radical (unpaired) electrons. The SMILES string of the molecule is Cl.O=S(=O)(CC1CNC1)c1ccc(F)cc1F. The highest BCUT2D eigenvalue weighted by atomic mass is 35.5. The van der Waals surface area contributed by atoms with Crippen LogP contribution in [0, 0.1) is 17.6 Å². The average molecular weight is 284 g/mol. The summed E-state index contributed by atoms with van der Waals surface area (Å²) in [4.78, 5) is -0.416. The van der Waals surface area contributed by atoms with Gasteiger partial charge in [0.25, 0.3) is 0 Å². The van der Waals surface area contributed by atoms with Gasteiger partial charge in [-0.2, -0.15) is 0 Å². The first-order chi connectivity index (χ1) is 7.49. The monoisotopic (exact) mass is 283 g/mol. The summed E-state index contributed by atoms with van der Waals surface area (Å²) in [7, 11) is -3.65. The van der Waals surface area contributed by atoms with Gasteiger partial charge in [0.15, 0.2) is 9.84 Å². The Bertz CT molecular complexity index is 503. The molecule has 1 fully saturated rings. The number of sulfone groups is 1. The van der Waals surface area contributed by atoms with Crippen molar-refractivity contribution in [3.63, 3.8) is 0 Å². The zero-order valence-electron chi connectivity index (χ0n) is 8.82. The molecule has 1 aromatic rings. The van der Waals surface area contributed by atoms with Crippen LogP contribution in [0.25, 0.3) is 0 Å². The summed E-state index contributed by atoms with van der Waals surface area (Å²) in [6.07, 6.45) is 0. The third-order valence-corrected chi connectivity index (χ3v) is 4.46. The lowest BCUT2D eigenvalue weighted by Gasteiger charge is -2.26. The highest BCUT2D eigenvalue weighted by Gasteiger charge is 2.27. The Hall–Kier alpha value is -0.720. The van der Waals surface area contributed by atoms with Gasteiger partial charge in [0, 0.05) is 19.2 Å². The highest BCUT2D eigenvalue weighted by molar-refractivity contribution is 7.91. The molecule has 0 unspecified atom stereocenters. The molecule has 1 N–H and O–H groups in total. The summed E-state index contributed by atoms with van der Waals surface area (Å²) in [6, 6.07) is 2.52. The molecular weight excluding hydrogens is 272 g/mol. The second-order valence-electron chi connectivity index (χ2n) is 3.88. The Morgan fingerprint density at radius 2 is 1.94 bits per heavy atom. The van der Waals surface area contributed by atoms with Gasteiger partial charge in [-0.25, -0.2) is 17.2 Å². The van der Waals surface area contributed by atoms with Crippen LogP contribution in [0.15, 0.2) is 23.1 Å². The van der Waals surface area contributed by atoms with Gasteiger partial charge in [0.1, 0.15) is 16.5 Å². The lowest BCUT2D eigenvalue weighted by Crippen LogP contribution is -2.45. The van der Waals surface area contributed by atoms with Crippen LogP contribution in [0.1, 0.15) is 0 Å². The minimum Gasteiger partial charge on any atom is -0.316 e. The molecule has 1 heterocycles. The molecule has 1 aromatic carbocycles. The van der Waals surface area contributed by atoms with E-state index in [0.717, 1.165) is 12.1 Å². The molecule has 17 heavy (non-hydrogen) atoms. The molecule has 0 aromatic heterocycles. The van der Waals surface area contributed by atoms with Crippen molar-refractivity contribution in [1.82, 2.24) is 5.32 Å². The van der Waals surface area contributed by atoms with Crippen molar-refractivity contribution in [2.45, 2.75) is 4.90 Å². The van der Waals surface area contributed by atoms with E-state index in [1.807, 2.05) is 0 Å². The van der Waals surface area contributed by atoms with E-state index in [1.54, 1.807) is 0 Å². The molecule has 0 aliphatic carbocycles. The van der Waals surface area contributed by atoms with Gasteiger partial charge in [0.05, 0.1) is 5.75 Å². The van der Waals surface area contributed by atoms with E-state index in [-0.39, 0.29) is 24.1 Å². The zero-order chi connectivity index (χ0) is 11.8. The van der Waals surface area contributed by atoms with Crippen molar-refractivity contribution in [2.75, 3.05) is 18.8 Å². The standard InChI is InChI=1S/C10H11F2NO2S.ClH/c11-8-1-2-10(9(12)3-8)16(14,15)6-7-4-13-5-7;/h1-3,7,13H,4-6H2;1H. The molecule has 7 heteroatoms. The summed E-state index contributed by atoms with van der Waals surface area (Å²) in [5, 5.41) is 2.94. The third kappa shape index (κ3) is 3.14. The van der Waals surface area contributed by atoms with Crippen LogP contribution in [0.3, 0.4) is 0 Å². The Morgan fingerprint density at radius 1 is 1.29 bits per heavy atom. The summed E-state index contributed by atoms with van der Waals surface area (Å²) in [5.41, 5.74) is 0.